The molecule has 0 fully saturated rings. The normalized spacial score (nSPS) is 10.5. The van der Waals surface area contributed by atoms with Crippen LogP contribution in [0.4, 0.5) is 4.39 Å². The Kier molecular flexibility index (Phi) is 7.92. The van der Waals surface area contributed by atoms with E-state index >= 15 is 0 Å². The molecule has 0 atom stereocenters. The summed E-state index contributed by atoms with van der Waals surface area (Å²) in [5, 5.41) is 2.75. The number of halogens is 1. The lowest BCUT2D eigenvalue weighted by Gasteiger charge is -2.21. The van der Waals surface area contributed by atoms with Crippen molar-refractivity contribution < 1.29 is 14.0 Å². The van der Waals surface area contributed by atoms with Crippen LogP contribution in [0.15, 0.2) is 42.7 Å². The first-order valence-corrected chi connectivity index (χ1v) is 9.32. The van der Waals surface area contributed by atoms with Gasteiger partial charge >= 0.3 is 0 Å². The van der Waals surface area contributed by atoms with Crippen molar-refractivity contribution in [2.24, 2.45) is 0 Å². The van der Waals surface area contributed by atoms with Gasteiger partial charge in [0.2, 0.25) is 0 Å². The summed E-state index contributed by atoms with van der Waals surface area (Å²) in [4.78, 5) is 30.8. The second kappa shape index (κ2) is 10.4. The number of nitrogens with zero attached hydrogens (tertiary/aromatic N) is 2. The van der Waals surface area contributed by atoms with E-state index in [1.54, 1.807) is 29.2 Å². The van der Waals surface area contributed by atoms with Gasteiger partial charge in [0.15, 0.2) is 0 Å². The first kappa shape index (κ1) is 20.6. The molecule has 0 unspecified atom stereocenters. The molecule has 1 aromatic carbocycles. The Bertz CT molecular complexity index is 774. The van der Waals surface area contributed by atoms with Crippen molar-refractivity contribution in [2.45, 2.75) is 33.1 Å². The lowest BCUT2D eigenvalue weighted by molar-refractivity contribution is 0.0755. The topological polar surface area (TPSA) is 62.3 Å². The van der Waals surface area contributed by atoms with Gasteiger partial charge in [0, 0.05) is 32.0 Å². The molecule has 0 saturated carbocycles. The van der Waals surface area contributed by atoms with Crippen molar-refractivity contribution in [1.82, 2.24) is 15.2 Å². The van der Waals surface area contributed by atoms with E-state index in [0.29, 0.717) is 42.7 Å². The Morgan fingerprint density at radius 1 is 1.07 bits per heavy atom. The molecule has 2 rings (SSSR count). The summed E-state index contributed by atoms with van der Waals surface area (Å²) in [6, 6.07) is 8.04. The van der Waals surface area contributed by atoms with E-state index in [9.17, 15) is 14.0 Å². The molecule has 5 nitrogen and oxygen atoms in total. The van der Waals surface area contributed by atoms with Crippen LogP contribution in [-0.2, 0) is 6.42 Å². The average molecular weight is 371 g/mol. The van der Waals surface area contributed by atoms with E-state index in [4.69, 9.17) is 0 Å². The standard InChI is InChI=1S/C21H26FN3O2/c1-3-11-25(12-4-2)21(27)18-13-17(14-23-15-18)20(26)24-10-9-16-7-5-6-8-19(16)22/h5-8,13-15H,3-4,9-12H2,1-2H3,(H,24,26). The minimum absolute atomic E-state index is 0.118. The van der Waals surface area contributed by atoms with Gasteiger partial charge in [-0.2, -0.15) is 0 Å². The quantitative estimate of drug-likeness (QED) is 0.734. The highest BCUT2D eigenvalue weighted by atomic mass is 19.1. The van der Waals surface area contributed by atoms with Crippen LogP contribution in [0.5, 0.6) is 0 Å². The number of hydrogen-bond donors (Lipinski definition) is 1. The largest absolute Gasteiger partial charge is 0.352 e. The third-order valence-electron chi connectivity index (χ3n) is 4.16. The summed E-state index contributed by atoms with van der Waals surface area (Å²) >= 11 is 0. The van der Waals surface area contributed by atoms with Crippen LogP contribution in [0.25, 0.3) is 0 Å². The first-order chi connectivity index (χ1) is 13.1. The summed E-state index contributed by atoms with van der Waals surface area (Å²) in [6.45, 7) is 5.69. The van der Waals surface area contributed by atoms with Gasteiger partial charge in [-0.15, -0.1) is 0 Å². The Balaban J connectivity index is 2.00. The van der Waals surface area contributed by atoms with Crippen molar-refractivity contribution in [3.8, 4) is 0 Å². The van der Waals surface area contributed by atoms with E-state index in [1.807, 2.05) is 13.8 Å². The van der Waals surface area contributed by atoms with Crippen LogP contribution in [0.1, 0.15) is 53.0 Å². The molecule has 0 aliphatic rings. The highest BCUT2D eigenvalue weighted by molar-refractivity contribution is 5.99. The first-order valence-electron chi connectivity index (χ1n) is 9.32. The number of aromatic nitrogens is 1. The van der Waals surface area contributed by atoms with Gasteiger partial charge < -0.3 is 10.2 Å². The second-order valence-electron chi connectivity index (χ2n) is 6.35. The number of carbonyl (C=O) groups excluding carboxylic acids is 2. The summed E-state index contributed by atoms with van der Waals surface area (Å²) in [6.07, 6.45) is 5.05. The predicted octanol–water partition coefficient (Wildman–Crippen LogP) is 3.46. The summed E-state index contributed by atoms with van der Waals surface area (Å²) in [5.74, 6) is -0.730. The number of benzene rings is 1. The Hall–Kier alpha value is -2.76. The number of nitrogens with one attached hydrogen (secondary N) is 1. The van der Waals surface area contributed by atoms with Gasteiger partial charge in [0.1, 0.15) is 5.82 Å². The number of rotatable bonds is 9. The van der Waals surface area contributed by atoms with Gasteiger partial charge in [-0.1, -0.05) is 32.0 Å². The highest BCUT2D eigenvalue weighted by Crippen LogP contribution is 2.09. The van der Waals surface area contributed by atoms with Crippen molar-refractivity contribution >= 4 is 11.8 Å². The molecular formula is C21H26FN3O2. The summed E-state index contributed by atoms with van der Waals surface area (Å²) < 4.78 is 13.6. The SMILES string of the molecule is CCCN(CCC)C(=O)c1cncc(C(=O)NCCc2ccccc2F)c1. The van der Waals surface area contributed by atoms with Crippen molar-refractivity contribution in [1.29, 1.82) is 0 Å². The Morgan fingerprint density at radius 2 is 1.74 bits per heavy atom. The van der Waals surface area contributed by atoms with Gasteiger partial charge in [-0.25, -0.2) is 4.39 Å². The third kappa shape index (κ3) is 5.88. The molecule has 2 aromatic rings. The highest BCUT2D eigenvalue weighted by Gasteiger charge is 2.16. The molecule has 0 saturated heterocycles. The zero-order valence-electron chi connectivity index (χ0n) is 15.9. The lowest BCUT2D eigenvalue weighted by atomic mass is 10.1. The maximum Gasteiger partial charge on any atom is 0.255 e. The number of amides is 2. The van der Waals surface area contributed by atoms with Crippen LogP contribution in [0.3, 0.4) is 0 Å². The molecule has 0 bridgehead atoms. The van der Waals surface area contributed by atoms with E-state index in [1.165, 1.54) is 18.5 Å². The van der Waals surface area contributed by atoms with Gasteiger partial charge in [-0.3, -0.25) is 14.6 Å². The molecular weight excluding hydrogens is 345 g/mol. The molecule has 0 radical (unpaired) electrons. The Labute approximate surface area is 159 Å². The van der Waals surface area contributed by atoms with E-state index in [-0.39, 0.29) is 17.6 Å². The second-order valence-corrected chi connectivity index (χ2v) is 6.35. The van der Waals surface area contributed by atoms with Gasteiger partial charge in [-0.05, 0) is 37.0 Å². The zero-order valence-corrected chi connectivity index (χ0v) is 15.9. The molecule has 27 heavy (non-hydrogen) atoms. The molecule has 144 valence electrons. The van der Waals surface area contributed by atoms with Crippen molar-refractivity contribution in [3.05, 3.63) is 65.2 Å². The zero-order chi connectivity index (χ0) is 19.6. The smallest absolute Gasteiger partial charge is 0.255 e. The van der Waals surface area contributed by atoms with Gasteiger partial charge in [0.25, 0.3) is 11.8 Å². The van der Waals surface area contributed by atoms with E-state index < -0.39 is 0 Å². The molecule has 6 heteroatoms. The molecule has 1 N–H and O–H groups in total. The predicted molar refractivity (Wildman–Crippen MR) is 103 cm³/mol. The van der Waals surface area contributed by atoms with Crippen LogP contribution >= 0.6 is 0 Å². The molecule has 0 spiro atoms. The van der Waals surface area contributed by atoms with E-state index in [2.05, 4.69) is 10.3 Å². The van der Waals surface area contributed by atoms with Crippen LogP contribution in [-0.4, -0.2) is 41.3 Å². The lowest BCUT2D eigenvalue weighted by Crippen LogP contribution is -2.33. The number of carbonyl (C=O) groups is 2. The molecule has 1 aromatic heterocycles. The fraction of sp³-hybridized carbons (Fsp3) is 0.381. The third-order valence-corrected chi connectivity index (χ3v) is 4.16. The maximum absolute atomic E-state index is 13.6. The Morgan fingerprint density at radius 3 is 2.41 bits per heavy atom. The molecule has 0 aliphatic heterocycles. The van der Waals surface area contributed by atoms with Crippen molar-refractivity contribution in [3.63, 3.8) is 0 Å². The average Bonchev–Trinajstić information content (AvgIpc) is 2.68. The van der Waals surface area contributed by atoms with Gasteiger partial charge in [0.05, 0.1) is 11.1 Å². The maximum atomic E-state index is 13.6. The molecule has 1 heterocycles. The van der Waals surface area contributed by atoms with Crippen LogP contribution in [0, 0.1) is 5.82 Å². The van der Waals surface area contributed by atoms with Crippen molar-refractivity contribution in [2.75, 3.05) is 19.6 Å². The summed E-state index contributed by atoms with van der Waals surface area (Å²) in [5.41, 5.74) is 1.27. The molecule has 0 aliphatic carbocycles. The number of hydrogen-bond acceptors (Lipinski definition) is 3. The fourth-order valence-electron chi connectivity index (χ4n) is 2.83. The summed E-state index contributed by atoms with van der Waals surface area (Å²) in [7, 11) is 0. The monoisotopic (exact) mass is 371 g/mol. The minimum atomic E-state index is -0.328. The fourth-order valence-corrected chi connectivity index (χ4v) is 2.83. The number of pyridine rings is 1. The minimum Gasteiger partial charge on any atom is -0.352 e. The van der Waals surface area contributed by atoms with Crippen LogP contribution in [0.2, 0.25) is 0 Å². The molecule has 2 amide bonds. The van der Waals surface area contributed by atoms with Crippen LogP contribution < -0.4 is 5.32 Å². The van der Waals surface area contributed by atoms with E-state index in [0.717, 1.165) is 12.8 Å².